The first-order chi connectivity index (χ1) is 9.15. The van der Waals surface area contributed by atoms with Crippen LogP contribution in [0.15, 0.2) is 0 Å². The van der Waals surface area contributed by atoms with Gasteiger partial charge in [0, 0.05) is 11.3 Å². The number of piperidine rings is 1. The number of hydrogen-bond acceptors (Lipinski definition) is 4. The zero-order chi connectivity index (χ0) is 13.7. The van der Waals surface area contributed by atoms with E-state index < -0.39 is 0 Å². The van der Waals surface area contributed by atoms with Gasteiger partial charge in [0.1, 0.15) is 0 Å². The van der Waals surface area contributed by atoms with Crippen LogP contribution in [0.25, 0.3) is 0 Å². The van der Waals surface area contributed by atoms with Crippen LogP contribution >= 0.6 is 11.3 Å². The van der Waals surface area contributed by atoms with Crippen LogP contribution in [0, 0.1) is 19.8 Å². The zero-order valence-electron chi connectivity index (χ0n) is 11.8. The zero-order valence-corrected chi connectivity index (χ0v) is 12.6. The van der Waals surface area contributed by atoms with Gasteiger partial charge >= 0.3 is 0 Å². The van der Waals surface area contributed by atoms with Gasteiger partial charge in [0.15, 0.2) is 0 Å². The maximum Gasteiger partial charge on any atom is 0.220 e. The van der Waals surface area contributed by atoms with Crippen LogP contribution in [0.3, 0.4) is 0 Å². The van der Waals surface area contributed by atoms with E-state index in [1.54, 1.807) is 11.3 Å². The van der Waals surface area contributed by atoms with E-state index in [9.17, 15) is 4.79 Å². The summed E-state index contributed by atoms with van der Waals surface area (Å²) in [5.41, 5.74) is 1.04. The normalized spacial score (nSPS) is 16.5. The molecule has 1 aromatic rings. The second kappa shape index (κ2) is 7.01. The number of carbonyl (C=O) groups excluding carboxylic acids is 1. The lowest BCUT2D eigenvalue weighted by Gasteiger charge is -2.22. The number of nitrogens with one attached hydrogen (secondary N) is 2. The van der Waals surface area contributed by atoms with Gasteiger partial charge in [-0.25, -0.2) is 4.98 Å². The Morgan fingerprint density at radius 3 is 2.79 bits per heavy atom. The van der Waals surface area contributed by atoms with E-state index >= 15 is 0 Å². The summed E-state index contributed by atoms with van der Waals surface area (Å²) in [6.45, 7) is 6.83. The molecule has 2 heterocycles. The van der Waals surface area contributed by atoms with Crippen molar-refractivity contribution >= 4 is 17.2 Å². The average molecular weight is 281 g/mol. The number of aryl methyl sites for hydroxylation is 2. The van der Waals surface area contributed by atoms with Gasteiger partial charge < -0.3 is 10.6 Å². The molecule has 5 heteroatoms. The highest BCUT2D eigenvalue weighted by Gasteiger charge is 2.14. The number of hydrogen-bond donors (Lipinski definition) is 2. The first-order valence-electron chi connectivity index (χ1n) is 7.05. The van der Waals surface area contributed by atoms with Crippen LogP contribution in [-0.2, 0) is 11.3 Å². The van der Waals surface area contributed by atoms with Gasteiger partial charge in [-0.05, 0) is 52.1 Å². The molecule has 1 fully saturated rings. The Bertz CT molecular complexity index is 424. The van der Waals surface area contributed by atoms with Crippen LogP contribution in [0.2, 0.25) is 0 Å². The molecule has 1 aromatic heterocycles. The van der Waals surface area contributed by atoms with E-state index in [1.165, 1.54) is 17.7 Å². The maximum atomic E-state index is 11.8. The summed E-state index contributed by atoms with van der Waals surface area (Å²) in [4.78, 5) is 17.4. The van der Waals surface area contributed by atoms with Crippen LogP contribution in [0.4, 0.5) is 0 Å². The fourth-order valence-corrected chi connectivity index (χ4v) is 3.39. The second-order valence-electron chi connectivity index (χ2n) is 5.25. The fraction of sp³-hybridized carbons (Fsp3) is 0.714. The summed E-state index contributed by atoms with van der Waals surface area (Å²) >= 11 is 1.67. The van der Waals surface area contributed by atoms with Crippen molar-refractivity contribution in [3.05, 3.63) is 15.6 Å². The van der Waals surface area contributed by atoms with E-state index in [4.69, 9.17) is 0 Å². The SMILES string of the molecule is Cc1nc(C)c(CNC(=O)CCC2CCNCC2)s1. The molecule has 0 aromatic carbocycles. The predicted octanol–water partition coefficient (Wildman–Crippen LogP) is 2.16. The van der Waals surface area contributed by atoms with Crippen LogP contribution in [-0.4, -0.2) is 24.0 Å². The molecule has 19 heavy (non-hydrogen) atoms. The number of nitrogens with zero attached hydrogens (tertiary/aromatic N) is 1. The molecule has 1 aliphatic heterocycles. The minimum absolute atomic E-state index is 0.170. The molecule has 0 unspecified atom stereocenters. The molecular formula is C14H23N3OS. The molecule has 0 aliphatic carbocycles. The van der Waals surface area contributed by atoms with E-state index in [2.05, 4.69) is 15.6 Å². The summed E-state index contributed by atoms with van der Waals surface area (Å²) in [6.07, 6.45) is 4.09. The molecule has 0 atom stereocenters. The Kier molecular flexibility index (Phi) is 5.34. The summed E-state index contributed by atoms with van der Waals surface area (Å²) in [5.74, 6) is 0.892. The van der Waals surface area contributed by atoms with Crippen LogP contribution < -0.4 is 10.6 Å². The van der Waals surface area contributed by atoms with Gasteiger partial charge in [0.25, 0.3) is 0 Å². The summed E-state index contributed by atoms with van der Waals surface area (Å²) in [7, 11) is 0. The molecule has 0 saturated carbocycles. The topological polar surface area (TPSA) is 54.0 Å². The van der Waals surface area contributed by atoms with Gasteiger partial charge in [0.2, 0.25) is 5.91 Å². The monoisotopic (exact) mass is 281 g/mol. The van der Waals surface area contributed by atoms with Crippen molar-refractivity contribution in [2.75, 3.05) is 13.1 Å². The first kappa shape index (κ1) is 14.5. The molecule has 1 saturated heterocycles. The number of amides is 1. The van der Waals surface area contributed by atoms with E-state index in [0.717, 1.165) is 36.1 Å². The van der Waals surface area contributed by atoms with Crippen LogP contribution in [0.5, 0.6) is 0 Å². The van der Waals surface area contributed by atoms with Crippen molar-refractivity contribution < 1.29 is 4.79 Å². The van der Waals surface area contributed by atoms with E-state index in [-0.39, 0.29) is 5.91 Å². The molecule has 1 amide bonds. The Balaban J connectivity index is 1.68. The number of thiazole rings is 1. The summed E-state index contributed by atoms with van der Waals surface area (Å²) in [5, 5.41) is 7.43. The highest BCUT2D eigenvalue weighted by molar-refractivity contribution is 7.11. The van der Waals surface area contributed by atoms with E-state index in [0.29, 0.717) is 13.0 Å². The van der Waals surface area contributed by atoms with Crippen molar-refractivity contribution in [2.45, 2.75) is 46.1 Å². The van der Waals surface area contributed by atoms with Gasteiger partial charge in [-0.15, -0.1) is 11.3 Å². The van der Waals surface area contributed by atoms with Gasteiger partial charge in [-0.3, -0.25) is 4.79 Å². The molecule has 106 valence electrons. The van der Waals surface area contributed by atoms with Crippen molar-refractivity contribution in [2.24, 2.45) is 5.92 Å². The summed E-state index contributed by atoms with van der Waals surface area (Å²) in [6, 6.07) is 0. The van der Waals surface area contributed by atoms with Gasteiger partial charge in [-0.2, -0.15) is 0 Å². The molecule has 4 nitrogen and oxygen atoms in total. The molecule has 2 N–H and O–H groups in total. The first-order valence-corrected chi connectivity index (χ1v) is 7.87. The largest absolute Gasteiger partial charge is 0.351 e. The maximum absolute atomic E-state index is 11.8. The second-order valence-corrected chi connectivity index (χ2v) is 6.54. The van der Waals surface area contributed by atoms with Crippen LogP contribution in [0.1, 0.15) is 41.3 Å². The number of aromatic nitrogens is 1. The Morgan fingerprint density at radius 1 is 1.42 bits per heavy atom. The quantitative estimate of drug-likeness (QED) is 0.869. The number of carbonyl (C=O) groups is 1. The van der Waals surface area contributed by atoms with Crippen molar-refractivity contribution in [1.82, 2.24) is 15.6 Å². The lowest BCUT2D eigenvalue weighted by Crippen LogP contribution is -2.29. The Morgan fingerprint density at radius 2 is 2.16 bits per heavy atom. The standard InChI is InChI=1S/C14H23N3OS/c1-10-13(19-11(2)17-10)9-16-14(18)4-3-12-5-7-15-8-6-12/h12,15H,3-9H2,1-2H3,(H,16,18). The fourth-order valence-electron chi connectivity index (χ4n) is 2.51. The van der Waals surface area contributed by atoms with Gasteiger partial charge in [-0.1, -0.05) is 0 Å². The van der Waals surface area contributed by atoms with Crippen molar-refractivity contribution in [1.29, 1.82) is 0 Å². The lowest BCUT2D eigenvalue weighted by molar-refractivity contribution is -0.121. The van der Waals surface area contributed by atoms with E-state index in [1.807, 2.05) is 13.8 Å². The molecule has 0 spiro atoms. The molecule has 0 bridgehead atoms. The molecule has 0 radical (unpaired) electrons. The lowest BCUT2D eigenvalue weighted by atomic mass is 9.93. The smallest absolute Gasteiger partial charge is 0.220 e. The number of rotatable bonds is 5. The molecular weight excluding hydrogens is 258 g/mol. The minimum atomic E-state index is 0.170. The third kappa shape index (κ3) is 4.58. The minimum Gasteiger partial charge on any atom is -0.351 e. The van der Waals surface area contributed by atoms with Crippen molar-refractivity contribution in [3.63, 3.8) is 0 Å². The third-order valence-electron chi connectivity index (χ3n) is 3.68. The Hall–Kier alpha value is -0.940. The Labute approximate surface area is 119 Å². The summed E-state index contributed by atoms with van der Waals surface area (Å²) < 4.78 is 0. The highest BCUT2D eigenvalue weighted by Crippen LogP contribution is 2.18. The van der Waals surface area contributed by atoms with Crippen molar-refractivity contribution in [3.8, 4) is 0 Å². The van der Waals surface area contributed by atoms with Gasteiger partial charge in [0.05, 0.1) is 17.2 Å². The third-order valence-corrected chi connectivity index (χ3v) is 4.76. The average Bonchev–Trinajstić information content (AvgIpc) is 2.73. The molecule has 1 aliphatic rings. The highest BCUT2D eigenvalue weighted by atomic mass is 32.1. The molecule has 2 rings (SSSR count). The predicted molar refractivity (Wildman–Crippen MR) is 78.3 cm³/mol.